The number of nitrogens with one attached hydrogen (secondary N) is 1. The van der Waals surface area contributed by atoms with Gasteiger partial charge in [-0.3, -0.25) is 9.59 Å². The number of benzene rings is 2. The van der Waals surface area contributed by atoms with E-state index < -0.39 is 11.9 Å². The van der Waals surface area contributed by atoms with Crippen LogP contribution in [0.15, 0.2) is 65.6 Å². The van der Waals surface area contributed by atoms with Crippen LogP contribution < -0.4 is 11.1 Å². The molecule has 0 aliphatic heterocycles. The molecule has 2 rings (SSSR count). The molecule has 2 unspecified atom stereocenters. The standard InChI is InChI=1S/C17H18N2O2S/c1-12(22-14-10-6-3-7-11-14)17(21)19-15(16(18)20)13-8-4-2-5-9-13/h2-12,15H,1H3,(H2,18,20)(H,19,21). The quantitative estimate of drug-likeness (QED) is 0.805. The molecule has 0 saturated carbocycles. The molecule has 0 spiro atoms. The van der Waals surface area contributed by atoms with E-state index in [0.717, 1.165) is 4.90 Å². The van der Waals surface area contributed by atoms with Gasteiger partial charge in [0.2, 0.25) is 11.8 Å². The molecular formula is C17H18N2O2S. The van der Waals surface area contributed by atoms with Crippen molar-refractivity contribution in [2.24, 2.45) is 5.73 Å². The van der Waals surface area contributed by atoms with Crippen LogP contribution in [0.25, 0.3) is 0 Å². The third-order valence-corrected chi connectivity index (χ3v) is 4.24. The van der Waals surface area contributed by atoms with Crippen LogP contribution in [0, 0.1) is 0 Å². The molecule has 4 nitrogen and oxygen atoms in total. The Labute approximate surface area is 134 Å². The average Bonchev–Trinajstić information content (AvgIpc) is 2.53. The van der Waals surface area contributed by atoms with Crippen LogP contribution >= 0.6 is 11.8 Å². The van der Waals surface area contributed by atoms with E-state index in [0.29, 0.717) is 5.56 Å². The molecule has 2 atom stereocenters. The summed E-state index contributed by atoms with van der Waals surface area (Å²) < 4.78 is 0. The van der Waals surface area contributed by atoms with Gasteiger partial charge < -0.3 is 11.1 Å². The highest BCUT2D eigenvalue weighted by atomic mass is 32.2. The molecule has 22 heavy (non-hydrogen) atoms. The van der Waals surface area contributed by atoms with Gasteiger partial charge in [0.15, 0.2) is 0 Å². The second-order valence-corrected chi connectivity index (χ2v) is 6.24. The maximum atomic E-state index is 12.3. The van der Waals surface area contributed by atoms with Crippen LogP contribution in [0.5, 0.6) is 0 Å². The molecule has 114 valence electrons. The van der Waals surface area contributed by atoms with Gasteiger partial charge >= 0.3 is 0 Å². The lowest BCUT2D eigenvalue weighted by molar-refractivity contribution is -0.127. The number of hydrogen-bond donors (Lipinski definition) is 2. The Hall–Kier alpha value is -2.27. The van der Waals surface area contributed by atoms with Crippen LogP contribution in [-0.4, -0.2) is 17.1 Å². The summed E-state index contributed by atoms with van der Waals surface area (Å²) in [6.07, 6.45) is 0. The van der Waals surface area contributed by atoms with E-state index >= 15 is 0 Å². The highest BCUT2D eigenvalue weighted by Gasteiger charge is 2.23. The number of hydrogen-bond acceptors (Lipinski definition) is 3. The number of carbonyl (C=O) groups excluding carboxylic acids is 2. The molecule has 0 aliphatic carbocycles. The zero-order valence-corrected chi connectivity index (χ0v) is 13.0. The predicted octanol–water partition coefficient (Wildman–Crippen LogP) is 2.51. The van der Waals surface area contributed by atoms with Crippen molar-refractivity contribution in [3.8, 4) is 0 Å². The van der Waals surface area contributed by atoms with Gasteiger partial charge in [-0.25, -0.2) is 0 Å². The van der Waals surface area contributed by atoms with E-state index in [4.69, 9.17) is 5.73 Å². The predicted molar refractivity (Wildman–Crippen MR) is 88.3 cm³/mol. The summed E-state index contributed by atoms with van der Waals surface area (Å²) in [5.41, 5.74) is 6.09. The van der Waals surface area contributed by atoms with Crippen LogP contribution in [0.1, 0.15) is 18.5 Å². The Balaban J connectivity index is 2.04. The van der Waals surface area contributed by atoms with Gasteiger partial charge in [-0.05, 0) is 24.6 Å². The van der Waals surface area contributed by atoms with Crippen LogP contribution in [0.3, 0.4) is 0 Å². The maximum Gasteiger partial charge on any atom is 0.244 e. The molecule has 0 aliphatic rings. The van der Waals surface area contributed by atoms with Crippen molar-refractivity contribution in [2.75, 3.05) is 0 Å². The van der Waals surface area contributed by atoms with E-state index in [-0.39, 0.29) is 11.2 Å². The van der Waals surface area contributed by atoms with Gasteiger partial charge in [0.25, 0.3) is 0 Å². The number of thioether (sulfide) groups is 1. The van der Waals surface area contributed by atoms with E-state index in [9.17, 15) is 9.59 Å². The topological polar surface area (TPSA) is 72.2 Å². The van der Waals surface area contributed by atoms with Gasteiger partial charge in [0, 0.05) is 4.90 Å². The van der Waals surface area contributed by atoms with Crippen LogP contribution in [0.4, 0.5) is 0 Å². The van der Waals surface area contributed by atoms with E-state index in [1.54, 1.807) is 31.2 Å². The summed E-state index contributed by atoms with van der Waals surface area (Å²) in [4.78, 5) is 24.9. The van der Waals surface area contributed by atoms with Crippen LogP contribution in [0.2, 0.25) is 0 Å². The molecule has 3 N–H and O–H groups in total. The van der Waals surface area contributed by atoms with E-state index in [2.05, 4.69) is 5.32 Å². The summed E-state index contributed by atoms with van der Waals surface area (Å²) in [7, 11) is 0. The van der Waals surface area contributed by atoms with E-state index in [1.807, 2.05) is 36.4 Å². The average molecular weight is 314 g/mol. The third-order valence-electron chi connectivity index (χ3n) is 3.13. The minimum absolute atomic E-state index is 0.221. The largest absolute Gasteiger partial charge is 0.368 e. The summed E-state index contributed by atoms with van der Waals surface area (Å²) in [6.45, 7) is 1.80. The van der Waals surface area contributed by atoms with Crippen molar-refractivity contribution in [3.63, 3.8) is 0 Å². The van der Waals surface area contributed by atoms with Gasteiger partial charge in [0.1, 0.15) is 6.04 Å². The maximum absolute atomic E-state index is 12.3. The van der Waals surface area contributed by atoms with E-state index in [1.165, 1.54) is 11.8 Å². The summed E-state index contributed by atoms with van der Waals surface area (Å²) in [5, 5.41) is 2.39. The molecule has 2 amide bonds. The molecule has 5 heteroatoms. The van der Waals surface area contributed by atoms with Crippen molar-refractivity contribution in [1.82, 2.24) is 5.32 Å². The van der Waals surface area contributed by atoms with Gasteiger partial charge in [-0.2, -0.15) is 0 Å². The first kappa shape index (κ1) is 16.1. The minimum Gasteiger partial charge on any atom is -0.368 e. The zero-order chi connectivity index (χ0) is 15.9. The number of nitrogens with two attached hydrogens (primary N) is 1. The number of carbonyl (C=O) groups is 2. The lowest BCUT2D eigenvalue weighted by Crippen LogP contribution is -2.40. The highest BCUT2D eigenvalue weighted by molar-refractivity contribution is 8.00. The van der Waals surface area contributed by atoms with Crippen LogP contribution in [-0.2, 0) is 9.59 Å². The monoisotopic (exact) mass is 314 g/mol. The van der Waals surface area contributed by atoms with Crippen molar-refractivity contribution < 1.29 is 9.59 Å². The van der Waals surface area contributed by atoms with Gasteiger partial charge in [-0.1, -0.05) is 48.5 Å². The number of rotatable bonds is 6. The fourth-order valence-corrected chi connectivity index (χ4v) is 2.88. The fourth-order valence-electron chi connectivity index (χ4n) is 1.98. The SMILES string of the molecule is CC(Sc1ccccc1)C(=O)NC(C(N)=O)c1ccccc1. The minimum atomic E-state index is -0.812. The Kier molecular flexibility index (Phi) is 5.61. The molecular weight excluding hydrogens is 296 g/mol. The number of primary amides is 1. The Morgan fingerprint density at radius 1 is 1.00 bits per heavy atom. The fraction of sp³-hybridized carbons (Fsp3) is 0.176. The summed E-state index contributed by atoms with van der Waals surface area (Å²) in [6, 6.07) is 17.8. The molecule has 0 fully saturated rings. The zero-order valence-electron chi connectivity index (χ0n) is 12.2. The summed E-state index contributed by atoms with van der Waals surface area (Å²) >= 11 is 1.44. The Morgan fingerprint density at radius 3 is 2.09 bits per heavy atom. The molecule has 0 radical (unpaired) electrons. The summed E-state index contributed by atoms with van der Waals surface area (Å²) in [5.74, 6) is -0.794. The van der Waals surface area contributed by atoms with Crippen molar-refractivity contribution in [3.05, 3.63) is 66.2 Å². The number of amides is 2. The second-order valence-electron chi connectivity index (χ2n) is 4.83. The highest BCUT2D eigenvalue weighted by Crippen LogP contribution is 2.23. The molecule has 2 aromatic carbocycles. The smallest absolute Gasteiger partial charge is 0.244 e. The third kappa shape index (κ3) is 4.36. The Bertz CT molecular complexity index is 632. The molecule has 0 heterocycles. The molecule has 0 aromatic heterocycles. The van der Waals surface area contributed by atoms with Crippen molar-refractivity contribution >= 4 is 23.6 Å². The first-order valence-electron chi connectivity index (χ1n) is 6.94. The second kappa shape index (κ2) is 7.66. The normalized spacial score (nSPS) is 13.1. The lowest BCUT2D eigenvalue weighted by atomic mass is 10.1. The molecule has 0 saturated heterocycles. The van der Waals surface area contributed by atoms with Gasteiger partial charge in [-0.15, -0.1) is 11.8 Å². The van der Waals surface area contributed by atoms with Crippen molar-refractivity contribution in [2.45, 2.75) is 23.1 Å². The van der Waals surface area contributed by atoms with Crippen molar-refractivity contribution in [1.29, 1.82) is 0 Å². The molecule has 0 bridgehead atoms. The van der Waals surface area contributed by atoms with Gasteiger partial charge in [0.05, 0.1) is 5.25 Å². The lowest BCUT2D eigenvalue weighted by Gasteiger charge is -2.18. The first-order valence-corrected chi connectivity index (χ1v) is 7.82. The first-order chi connectivity index (χ1) is 10.6. The molecule has 2 aromatic rings. The Morgan fingerprint density at radius 2 is 1.55 bits per heavy atom.